The number of aromatic amines is 1. The fraction of sp³-hybridized carbons (Fsp3) is 0.235. The third kappa shape index (κ3) is 2.89. The zero-order valence-corrected chi connectivity index (χ0v) is 14.7. The van der Waals surface area contributed by atoms with E-state index in [9.17, 15) is 30.4 Å². The molecule has 0 unspecified atom stereocenters. The molecule has 0 aliphatic heterocycles. The number of hydrogen-bond acceptors (Lipinski definition) is 4. The summed E-state index contributed by atoms with van der Waals surface area (Å²) in [6, 6.07) is 6.49. The van der Waals surface area contributed by atoms with E-state index in [1.807, 2.05) is 0 Å². The predicted octanol–water partition coefficient (Wildman–Crippen LogP) is 4.38. The van der Waals surface area contributed by atoms with Crippen molar-refractivity contribution in [1.29, 1.82) is 0 Å². The molecular weight excluding hydrogens is 407 g/mol. The molecule has 1 aliphatic rings. The second-order valence-corrected chi connectivity index (χ2v) is 8.28. The van der Waals surface area contributed by atoms with Gasteiger partial charge in [-0.25, -0.2) is 17.2 Å². The lowest BCUT2D eigenvalue weighted by Crippen LogP contribution is -2.25. The fourth-order valence-electron chi connectivity index (χ4n) is 3.24. The van der Waals surface area contributed by atoms with Gasteiger partial charge < -0.3 is 4.74 Å². The molecule has 1 N–H and O–H groups in total. The predicted molar refractivity (Wildman–Crippen MR) is 88.2 cm³/mol. The number of H-pyrrole nitrogens is 1. The first-order valence-corrected chi connectivity index (χ1v) is 9.42. The Morgan fingerprint density at radius 1 is 1.04 bits per heavy atom. The number of ether oxygens (including phenoxy) is 1. The van der Waals surface area contributed by atoms with Gasteiger partial charge in [-0.15, -0.1) is 0 Å². The van der Waals surface area contributed by atoms with Gasteiger partial charge in [-0.2, -0.15) is 18.3 Å². The molecule has 1 heterocycles. The Kier molecular flexibility index (Phi) is 3.93. The zero-order valence-electron chi connectivity index (χ0n) is 13.8. The monoisotopic (exact) mass is 418 g/mol. The largest absolute Gasteiger partial charge is 0.501 e. The fourth-order valence-corrected chi connectivity index (χ4v) is 4.25. The lowest BCUT2D eigenvalue weighted by Gasteiger charge is -2.15. The molecule has 1 aliphatic carbocycles. The van der Waals surface area contributed by atoms with E-state index in [0.717, 1.165) is 6.07 Å². The van der Waals surface area contributed by atoms with E-state index < -0.39 is 44.6 Å². The molecule has 0 amide bonds. The highest BCUT2D eigenvalue weighted by Gasteiger charge is 2.51. The first-order chi connectivity index (χ1) is 13.0. The minimum atomic E-state index is -5.77. The summed E-state index contributed by atoms with van der Waals surface area (Å²) in [6.07, 6.45) is -0.581. The van der Waals surface area contributed by atoms with E-state index in [1.165, 1.54) is 12.3 Å². The molecule has 1 aromatic heterocycles. The van der Waals surface area contributed by atoms with Crippen molar-refractivity contribution >= 4 is 20.7 Å². The van der Waals surface area contributed by atoms with Crippen molar-refractivity contribution in [3.63, 3.8) is 0 Å². The SMILES string of the molecule is O=S(=O)(c1ccc(Oc2cccc3[nH]ncc23)c2c1CC(F)(F)C2)C(F)(F)F. The Balaban J connectivity index is 1.86. The Labute approximate surface area is 155 Å². The molecule has 0 spiro atoms. The Bertz CT molecular complexity index is 1190. The van der Waals surface area contributed by atoms with E-state index in [4.69, 9.17) is 4.74 Å². The summed E-state index contributed by atoms with van der Waals surface area (Å²) < 4.78 is 96.1. The summed E-state index contributed by atoms with van der Waals surface area (Å²) in [5.41, 5.74) is -5.81. The van der Waals surface area contributed by atoms with Crippen LogP contribution >= 0.6 is 0 Å². The number of halogens is 5. The van der Waals surface area contributed by atoms with Gasteiger partial charge in [-0.3, -0.25) is 5.10 Å². The molecule has 0 fully saturated rings. The highest BCUT2D eigenvalue weighted by Crippen LogP contribution is 2.46. The van der Waals surface area contributed by atoms with Gasteiger partial charge in [-0.1, -0.05) is 6.07 Å². The maximum absolute atomic E-state index is 14.0. The van der Waals surface area contributed by atoms with Crippen molar-refractivity contribution in [2.45, 2.75) is 29.2 Å². The van der Waals surface area contributed by atoms with Crippen molar-refractivity contribution in [1.82, 2.24) is 10.2 Å². The summed E-state index contributed by atoms with van der Waals surface area (Å²) in [4.78, 5) is -1.17. The molecular formula is C17H11F5N2O3S. The van der Waals surface area contributed by atoms with Gasteiger partial charge in [0.2, 0.25) is 0 Å². The second kappa shape index (κ2) is 5.90. The van der Waals surface area contributed by atoms with E-state index in [0.29, 0.717) is 17.0 Å². The van der Waals surface area contributed by atoms with Gasteiger partial charge in [0.15, 0.2) is 0 Å². The van der Waals surface area contributed by atoms with Gasteiger partial charge in [0.05, 0.1) is 22.0 Å². The van der Waals surface area contributed by atoms with Gasteiger partial charge >= 0.3 is 5.51 Å². The lowest BCUT2D eigenvalue weighted by molar-refractivity contribution is -0.0437. The van der Waals surface area contributed by atoms with Gasteiger partial charge in [0.1, 0.15) is 11.5 Å². The molecule has 3 aromatic rings. The number of nitrogens with one attached hydrogen (secondary N) is 1. The molecule has 5 nitrogen and oxygen atoms in total. The molecule has 0 atom stereocenters. The molecule has 148 valence electrons. The van der Waals surface area contributed by atoms with Crippen LogP contribution in [0.2, 0.25) is 0 Å². The topological polar surface area (TPSA) is 72.1 Å². The van der Waals surface area contributed by atoms with Crippen LogP contribution in [0.1, 0.15) is 11.1 Å². The minimum absolute atomic E-state index is 0.123. The summed E-state index contributed by atoms with van der Waals surface area (Å²) in [7, 11) is -5.77. The normalized spacial score (nSPS) is 16.3. The van der Waals surface area contributed by atoms with Crippen molar-refractivity contribution in [3.05, 3.63) is 47.7 Å². The summed E-state index contributed by atoms with van der Waals surface area (Å²) >= 11 is 0. The number of sulfone groups is 1. The molecule has 0 saturated carbocycles. The number of alkyl halides is 5. The summed E-state index contributed by atoms with van der Waals surface area (Å²) in [5.74, 6) is -3.25. The highest BCUT2D eigenvalue weighted by molar-refractivity contribution is 7.92. The Morgan fingerprint density at radius 2 is 1.75 bits per heavy atom. The average molecular weight is 418 g/mol. The molecule has 4 rings (SSSR count). The first-order valence-electron chi connectivity index (χ1n) is 7.93. The molecule has 28 heavy (non-hydrogen) atoms. The van der Waals surface area contributed by atoms with Crippen molar-refractivity contribution in [3.8, 4) is 11.5 Å². The van der Waals surface area contributed by atoms with E-state index >= 15 is 0 Å². The number of aromatic nitrogens is 2. The van der Waals surface area contributed by atoms with Gasteiger partial charge in [0, 0.05) is 18.4 Å². The van der Waals surface area contributed by atoms with E-state index in [1.54, 1.807) is 12.1 Å². The van der Waals surface area contributed by atoms with Crippen LogP contribution in [0.25, 0.3) is 10.9 Å². The van der Waals surface area contributed by atoms with E-state index in [2.05, 4.69) is 10.2 Å². The number of nitrogens with zero attached hydrogens (tertiary/aromatic N) is 1. The second-order valence-electron chi connectivity index (χ2n) is 6.37. The van der Waals surface area contributed by atoms with Gasteiger partial charge in [-0.05, 0) is 29.8 Å². The van der Waals surface area contributed by atoms with Crippen LogP contribution in [0.5, 0.6) is 11.5 Å². The molecule has 0 saturated heterocycles. The number of rotatable bonds is 3. The maximum Gasteiger partial charge on any atom is 0.501 e. The first kappa shape index (κ1) is 18.7. The van der Waals surface area contributed by atoms with Crippen LogP contribution < -0.4 is 4.74 Å². The van der Waals surface area contributed by atoms with Gasteiger partial charge in [0.25, 0.3) is 15.8 Å². The van der Waals surface area contributed by atoms with Crippen LogP contribution in [0.4, 0.5) is 22.0 Å². The Morgan fingerprint density at radius 3 is 2.46 bits per heavy atom. The van der Waals surface area contributed by atoms with Crippen molar-refractivity contribution in [2.75, 3.05) is 0 Å². The molecule has 0 radical (unpaired) electrons. The molecule has 2 aromatic carbocycles. The minimum Gasteiger partial charge on any atom is -0.456 e. The standard InChI is InChI=1S/C17H11F5N2O3S/c18-16(19)6-9-10(7-16)15(28(25,26)17(20,21)22)5-4-14(9)27-13-3-1-2-12-11(13)8-23-24-12/h1-5,8H,6-7H2,(H,23,24). The summed E-state index contributed by atoms with van der Waals surface area (Å²) in [6.45, 7) is 0. The van der Waals surface area contributed by atoms with Crippen molar-refractivity contribution < 1.29 is 35.1 Å². The Hall–Kier alpha value is -2.69. The summed E-state index contributed by atoms with van der Waals surface area (Å²) in [5, 5.41) is 7.08. The van der Waals surface area contributed by atoms with E-state index in [-0.39, 0.29) is 17.1 Å². The lowest BCUT2D eigenvalue weighted by atomic mass is 10.1. The van der Waals surface area contributed by atoms with Crippen molar-refractivity contribution in [2.24, 2.45) is 0 Å². The number of benzene rings is 2. The smallest absolute Gasteiger partial charge is 0.456 e. The maximum atomic E-state index is 14.0. The van der Waals surface area contributed by atoms with Crippen LogP contribution in [0.3, 0.4) is 0 Å². The number of fused-ring (bicyclic) bond motifs is 2. The van der Waals surface area contributed by atoms with Crippen LogP contribution in [-0.2, 0) is 22.7 Å². The van der Waals surface area contributed by atoms with Crippen LogP contribution in [0, 0.1) is 0 Å². The third-order valence-electron chi connectivity index (χ3n) is 4.47. The molecule has 11 heteroatoms. The van der Waals surface area contributed by atoms with Crippen LogP contribution in [0.15, 0.2) is 41.4 Å². The third-order valence-corrected chi connectivity index (χ3v) is 6.05. The quantitative estimate of drug-likeness (QED) is 0.641. The van der Waals surface area contributed by atoms with Crippen LogP contribution in [-0.4, -0.2) is 30.0 Å². The zero-order chi connectivity index (χ0) is 20.3. The number of hydrogen-bond donors (Lipinski definition) is 1. The molecule has 0 bridgehead atoms. The average Bonchev–Trinajstić information content (AvgIpc) is 3.17. The highest BCUT2D eigenvalue weighted by atomic mass is 32.2.